The van der Waals surface area contributed by atoms with Crippen molar-refractivity contribution in [1.29, 1.82) is 0 Å². The summed E-state index contributed by atoms with van der Waals surface area (Å²) in [5, 5.41) is 10.4. The van der Waals surface area contributed by atoms with Gasteiger partial charge in [-0.2, -0.15) is 0 Å². The van der Waals surface area contributed by atoms with E-state index in [2.05, 4.69) is 38.8 Å². The van der Waals surface area contributed by atoms with E-state index in [0.717, 1.165) is 43.4 Å². The molecule has 0 radical (unpaired) electrons. The Morgan fingerprint density at radius 2 is 1.91 bits per heavy atom. The van der Waals surface area contributed by atoms with Crippen molar-refractivity contribution in [3.63, 3.8) is 0 Å². The van der Waals surface area contributed by atoms with Crippen LogP contribution in [0.25, 0.3) is 0 Å². The average molecular weight is 312 g/mol. The Morgan fingerprint density at radius 1 is 1.13 bits per heavy atom. The summed E-state index contributed by atoms with van der Waals surface area (Å²) in [5.74, 6) is 1.80. The molecule has 5 heteroatoms. The van der Waals surface area contributed by atoms with Gasteiger partial charge in [-0.1, -0.05) is 29.8 Å². The molecular weight excluding hydrogens is 288 g/mol. The van der Waals surface area contributed by atoms with Crippen molar-refractivity contribution in [2.45, 2.75) is 20.0 Å². The quantitative estimate of drug-likeness (QED) is 0.935. The first-order chi connectivity index (χ1) is 11.1. The highest BCUT2D eigenvalue weighted by atomic mass is 16.3. The lowest BCUT2D eigenvalue weighted by Crippen LogP contribution is -2.47. The number of aliphatic hydroxyl groups excluding tert-OH is 1. The SMILES string of the molecule is Cc1cccc(C(O)CN2CCN(c3ccnc(C)n3)CC2)c1. The van der Waals surface area contributed by atoms with Crippen molar-refractivity contribution >= 4 is 5.82 Å². The second-order valence-electron chi connectivity index (χ2n) is 6.18. The summed E-state index contributed by atoms with van der Waals surface area (Å²) in [6.45, 7) is 8.38. The molecule has 1 fully saturated rings. The molecule has 0 spiro atoms. The number of piperazine rings is 1. The zero-order valence-electron chi connectivity index (χ0n) is 13.8. The lowest BCUT2D eigenvalue weighted by atomic mass is 10.1. The van der Waals surface area contributed by atoms with Crippen LogP contribution in [0.4, 0.5) is 5.82 Å². The lowest BCUT2D eigenvalue weighted by molar-refractivity contribution is 0.109. The number of nitrogens with zero attached hydrogens (tertiary/aromatic N) is 4. The average Bonchev–Trinajstić information content (AvgIpc) is 2.55. The number of hydrogen-bond acceptors (Lipinski definition) is 5. The Morgan fingerprint density at radius 3 is 2.61 bits per heavy atom. The molecule has 23 heavy (non-hydrogen) atoms. The molecule has 2 heterocycles. The molecule has 1 saturated heterocycles. The van der Waals surface area contributed by atoms with E-state index in [0.29, 0.717) is 6.54 Å². The number of aromatic nitrogens is 2. The van der Waals surface area contributed by atoms with E-state index in [1.807, 2.05) is 31.3 Å². The van der Waals surface area contributed by atoms with Crippen molar-refractivity contribution in [3.8, 4) is 0 Å². The van der Waals surface area contributed by atoms with Gasteiger partial charge in [0.2, 0.25) is 0 Å². The number of aliphatic hydroxyl groups is 1. The maximum atomic E-state index is 10.4. The van der Waals surface area contributed by atoms with Crippen molar-refractivity contribution in [1.82, 2.24) is 14.9 Å². The van der Waals surface area contributed by atoms with Crippen LogP contribution in [0.15, 0.2) is 36.5 Å². The molecule has 122 valence electrons. The van der Waals surface area contributed by atoms with Gasteiger partial charge in [0.25, 0.3) is 0 Å². The Balaban J connectivity index is 1.55. The summed E-state index contributed by atoms with van der Waals surface area (Å²) in [6, 6.07) is 10.1. The predicted molar refractivity (Wildman–Crippen MR) is 91.6 cm³/mol. The first-order valence-corrected chi connectivity index (χ1v) is 8.13. The van der Waals surface area contributed by atoms with Gasteiger partial charge in [-0.05, 0) is 25.5 Å². The Bertz CT molecular complexity index is 653. The summed E-state index contributed by atoms with van der Waals surface area (Å²) in [5.41, 5.74) is 2.18. The van der Waals surface area contributed by atoms with Gasteiger partial charge in [-0.15, -0.1) is 0 Å². The van der Waals surface area contributed by atoms with Crippen LogP contribution in [0, 0.1) is 13.8 Å². The molecule has 2 aromatic rings. The van der Waals surface area contributed by atoms with Crippen molar-refractivity contribution < 1.29 is 5.11 Å². The zero-order valence-corrected chi connectivity index (χ0v) is 13.8. The largest absolute Gasteiger partial charge is 0.387 e. The number of hydrogen-bond donors (Lipinski definition) is 1. The van der Waals surface area contributed by atoms with Crippen LogP contribution in [0.5, 0.6) is 0 Å². The number of benzene rings is 1. The minimum absolute atomic E-state index is 0.428. The highest BCUT2D eigenvalue weighted by Gasteiger charge is 2.20. The van der Waals surface area contributed by atoms with Crippen molar-refractivity contribution in [2.75, 3.05) is 37.6 Å². The van der Waals surface area contributed by atoms with E-state index < -0.39 is 6.10 Å². The third kappa shape index (κ3) is 4.06. The normalized spacial score (nSPS) is 17.3. The molecule has 0 amide bonds. The summed E-state index contributed by atoms with van der Waals surface area (Å²) >= 11 is 0. The summed E-state index contributed by atoms with van der Waals surface area (Å²) in [7, 11) is 0. The summed E-state index contributed by atoms with van der Waals surface area (Å²) in [4.78, 5) is 13.2. The third-order valence-corrected chi connectivity index (χ3v) is 4.32. The maximum Gasteiger partial charge on any atom is 0.132 e. The minimum atomic E-state index is -0.428. The van der Waals surface area contributed by atoms with Crippen molar-refractivity contribution in [2.24, 2.45) is 0 Å². The smallest absolute Gasteiger partial charge is 0.132 e. The highest BCUT2D eigenvalue weighted by molar-refractivity contribution is 5.38. The predicted octanol–water partition coefficient (Wildman–Crippen LogP) is 1.95. The van der Waals surface area contributed by atoms with Crippen LogP contribution in [0.3, 0.4) is 0 Å². The third-order valence-electron chi connectivity index (χ3n) is 4.32. The molecule has 1 aromatic heterocycles. The summed E-state index contributed by atoms with van der Waals surface area (Å²) < 4.78 is 0. The van der Waals surface area contributed by atoms with E-state index in [1.165, 1.54) is 5.56 Å². The minimum Gasteiger partial charge on any atom is -0.387 e. The van der Waals surface area contributed by atoms with E-state index in [9.17, 15) is 5.11 Å². The van der Waals surface area contributed by atoms with Gasteiger partial charge in [0.05, 0.1) is 6.10 Å². The van der Waals surface area contributed by atoms with E-state index in [1.54, 1.807) is 0 Å². The van der Waals surface area contributed by atoms with Gasteiger partial charge < -0.3 is 10.0 Å². The topological polar surface area (TPSA) is 52.5 Å². The van der Waals surface area contributed by atoms with Gasteiger partial charge >= 0.3 is 0 Å². The number of β-amino-alcohol motifs (C(OH)–C–C–N with tert-alkyl or cyclic N) is 1. The van der Waals surface area contributed by atoms with Gasteiger partial charge in [-0.25, -0.2) is 9.97 Å². The van der Waals surface area contributed by atoms with E-state index in [4.69, 9.17) is 0 Å². The molecule has 3 rings (SSSR count). The second kappa shape index (κ2) is 7.06. The fraction of sp³-hybridized carbons (Fsp3) is 0.444. The Kier molecular flexibility index (Phi) is 4.88. The molecule has 1 atom stereocenters. The van der Waals surface area contributed by atoms with Crippen LogP contribution in [0.2, 0.25) is 0 Å². The van der Waals surface area contributed by atoms with Crippen LogP contribution in [0.1, 0.15) is 23.1 Å². The molecule has 1 aromatic carbocycles. The molecule has 1 unspecified atom stereocenters. The fourth-order valence-electron chi connectivity index (χ4n) is 3.01. The Hall–Kier alpha value is -1.98. The second-order valence-corrected chi connectivity index (χ2v) is 6.18. The molecule has 0 bridgehead atoms. The molecule has 1 aliphatic rings. The highest BCUT2D eigenvalue weighted by Crippen LogP contribution is 2.18. The first kappa shape index (κ1) is 15.9. The lowest BCUT2D eigenvalue weighted by Gasteiger charge is -2.36. The number of rotatable bonds is 4. The molecule has 1 aliphatic heterocycles. The molecule has 0 saturated carbocycles. The van der Waals surface area contributed by atoms with Gasteiger partial charge in [0.1, 0.15) is 11.6 Å². The molecule has 1 N–H and O–H groups in total. The van der Waals surface area contributed by atoms with Gasteiger partial charge in [0.15, 0.2) is 0 Å². The molecule has 0 aliphatic carbocycles. The first-order valence-electron chi connectivity index (χ1n) is 8.13. The number of anilines is 1. The monoisotopic (exact) mass is 312 g/mol. The molecule has 5 nitrogen and oxygen atoms in total. The standard InChI is InChI=1S/C18H24N4O/c1-14-4-3-5-16(12-14)17(23)13-21-8-10-22(11-9-21)18-6-7-19-15(2)20-18/h3-7,12,17,23H,8-11,13H2,1-2H3. The van der Waals surface area contributed by atoms with Gasteiger partial charge in [-0.3, -0.25) is 4.90 Å². The van der Waals surface area contributed by atoms with Crippen LogP contribution in [-0.4, -0.2) is 52.7 Å². The van der Waals surface area contributed by atoms with Crippen LogP contribution < -0.4 is 4.90 Å². The zero-order chi connectivity index (χ0) is 16.2. The van der Waals surface area contributed by atoms with E-state index >= 15 is 0 Å². The van der Waals surface area contributed by atoms with Crippen molar-refractivity contribution in [3.05, 3.63) is 53.5 Å². The van der Waals surface area contributed by atoms with Crippen LogP contribution in [-0.2, 0) is 0 Å². The Labute approximate surface area is 137 Å². The maximum absolute atomic E-state index is 10.4. The van der Waals surface area contributed by atoms with Gasteiger partial charge in [0, 0.05) is 38.9 Å². The molecular formula is C18H24N4O. The van der Waals surface area contributed by atoms with Crippen LogP contribution >= 0.6 is 0 Å². The van der Waals surface area contributed by atoms with E-state index in [-0.39, 0.29) is 0 Å². The summed E-state index contributed by atoms with van der Waals surface area (Å²) in [6.07, 6.45) is 1.38. The fourth-order valence-corrected chi connectivity index (χ4v) is 3.01. The number of aryl methyl sites for hydroxylation is 2.